The Hall–Kier alpha value is -1.14. The van der Waals surface area contributed by atoms with E-state index in [0.29, 0.717) is 11.6 Å². The highest BCUT2D eigenvalue weighted by Crippen LogP contribution is 2.24. The van der Waals surface area contributed by atoms with Gasteiger partial charge in [-0.15, -0.1) is 11.8 Å². The van der Waals surface area contributed by atoms with Crippen LogP contribution in [-0.2, 0) is 5.75 Å². The van der Waals surface area contributed by atoms with Crippen LogP contribution in [0.1, 0.15) is 5.82 Å². The molecule has 0 aliphatic rings. The van der Waals surface area contributed by atoms with Gasteiger partial charge >= 0.3 is 0 Å². The molecule has 1 aromatic carbocycles. The van der Waals surface area contributed by atoms with Crippen LogP contribution in [0, 0.1) is 0 Å². The van der Waals surface area contributed by atoms with Crippen molar-refractivity contribution in [1.29, 1.82) is 0 Å². The van der Waals surface area contributed by atoms with Crippen LogP contribution in [0.15, 0.2) is 40.0 Å². The number of nitrogens with two attached hydrogens (primary N) is 1. The van der Waals surface area contributed by atoms with Gasteiger partial charge in [-0.25, -0.2) is 9.97 Å². The largest absolute Gasteiger partial charge is 0.368 e. The summed E-state index contributed by atoms with van der Waals surface area (Å²) in [4.78, 5) is 13.0. The van der Waals surface area contributed by atoms with Crippen LogP contribution in [-0.4, -0.2) is 15.0 Å². The summed E-state index contributed by atoms with van der Waals surface area (Å²) in [6.07, 6.45) is 1.43. The normalized spacial score (nSPS) is 10.3. The van der Waals surface area contributed by atoms with Crippen molar-refractivity contribution in [3.63, 3.8) is 0 Å². The molecule has 6 heteroatoms. The molecule has 0 unspecified atom stereocenters. The number of nitrogens with zero attached hydrogens (tertiary/aromatic N) is 3. The summed E-state index contributed by atoms with van der Waals surface area (Å²) in [5, 5.41) is 0. The van der Waals surface area contributed by atoms with E-state index in [-0.39, 0.29) is 5.95 Å². The predicted octanol–water partition coefficient (Wildman–Crippen LogP) is 2.51. The number of nitrogen functional groups attached to an aromatic ring is 1. The number of rotatable bonds is 3. The van der Waals surface area contributed by atoms with Crippen molar-refractivity contribution < 1.29 is 0 Å². The monoisotopic (exact) mass is 296 g/mol. The second-order valence-electron chi connectivity index (χ2n) is 3.01. The zero-order valence-electron chi connectivity index (χ0n) is 8.30. The average molecular weight is 297 g/mol. The van der Waals surface area contributed by atoms with Gasteiger partial charge in [0, 0.05) is 9.37 Å². The summed E-state index contributed by atoms with van der Waals surface area (Å²) >= 11 is 5.08. The van der Waals surface area contributed by atoms with Gasteiger partial charge in [0.15, 0.2) is 0 Å². The van der Waals surface area contributed by atoms with E-state index >= 15 is 0 Å². The van der Waals surface area contributed by atoms with Gasteiger partial charge in [-0.05, 0) is 18.2 Å². The summed E-state index contributed by atoms with van der Waals surface area (Å²) in [6.45, 7) is 0. The fourth-order valence-electron chi connectivity index (χ4n) is 1.12. The zero-order valence-corrected chi connectivity index (χ0v) is 10.7. The highest BCUT2D eigenvalue weighted by molar-refractivity contribution is 9.10. The van der Waals surface area contributed by atoms with E-state index in [2.05, 4.69) is 36.9 Å². The maximum Gasteiger partial charge on any atom is 0.223 e. The molecule has 82 valence electrons. The first-order valence-electron chi connectivity index (χ1n) is 4.56. The third kappa shape index (κ3) is 3.18. The molecular formula is C10H9BrN4S. The van der Waals surface area contributed by atoms with Crippen molar-refractivity contribution in [1.82, 2.24) is 15.0 Å². The fourth-order valence-corrected chi connectivity index (χ4v) is 2.49. The molecule has 16 heavy (non-hydrogen) atoms. The second kappa shape index (κ2) is 5.27. The van der Waals surface area contributed by atoms with E-state index in [1.165, 1.54) is 6.33 Å². The first-order chi connectivity index (χ1) is 7.74. The standard InChI is InChI=1S/C10H9BrN4S/c11-7-2-1-3-8(4-7)16-5-9-13-6-14-10(12)15-9/h1-4,6H,5H2,(H2,12,13,14,15). The van der Waals surface area contributed by atoms with Gasteiger partial charge in [-0.2, -0.15) is 4.98 Å². The molecule has 2 aromatic rings. The first-order valence-corrected chi connectivity index (χ1v) is 6.33. The Morgan fingerprint density at radius 1 is 1.31 bits per heavy atom. The molecule has 0 saturated carbocycles. The topological polar surface area (TPSA) is 64.7 Å². The van der Waals surface area contributed by atoms with Crippen molar-refractivity contribution in [3.8, 4) is 0 Å². The highest BCUT2D eigenvalue weighted by Gasteiger charge is 2.00. The third-order valence-electron chi connectivity index (χ3n) is 1.80. The Labute approximate surface area is 106 Å². The molecular weight excluding hydrogens is 288 g/mol. The molecule has 0 amide bonds. The number of aromatic nitrogens is 3. The number of hydrogen-bond donors (Lipinski definition) is 1. The van der Waals surface area contributed by atoms with Gasteiger partial charge in [-0.3, -0.25) is 0 Å². The number of hydrogen-bond acceptors (Lipinski definition) is 5. The Morgan fingerprint density at radius 3 is 2.94 bits per heavy atom. The van der Waals surface area contributed by atoms with Gasteiger partial charge in [-0.1, -0.05) is 22.0 Å². The van der Waals surface area contributed by atoms with Crippen LogP contribution >= 0.6 is 27.7 Å². The molecule has 0 bridgehead atoms. The molecule has 0 spiro atoms. The van der Waals surface area contributed by atoms with Gasteiger partial charge < -0.3 is 5.73 Å². The zero-order chi connectivity index (χ0) is 11.4. The van der Waals surface area contributed by atoms with Crippen LogP contribution in [0.3, 0.4) is 0 Å². The molecule has 1 heterocycles. The van der Waals surface area contributed by atoms with Crippen LogP contribution in [0.2, 0.25) is 0 Å². The van der Waals surface area contributed by atoms with E-state index in [1.807, 2.05) is 18.2 Å². The predicted molar refractivity (Wildman–Crippen MR) is 67.9 cm³/mol. The Bertz CT molecular complexity index is 446. The maximum absolute atomic E-state index is 5.47. The third-order valence-corrected chi connectivity index (χ3v) is 3.29. The lowest BCUT2D eigenvalue weighted by molar-refractivity contribution is 0.974. The van der Waals surface area contributed by atoms with Crippen LogP contribution in [0.25, 0.3) is 0 Å². The summed E-state index contributed by atoms with van der Waals surface area (Å²) in [5.41, 5.74) is 5.47. The second-order valence-corrected chi connectivity index (χ2v) is 4.97. The minimum atomic E-state index is 0.264. The molecule has 0 aliphatic heterocycles. The average Bonchev–Trinajstić information content (AvgIpc) is 2.27. The van der Waals surface area contributed by atoms with Crippen molar-refractivity contribution in [2.75, 3.05) is 5.73 Å². The molecule has 0 radical (unpaired) electrons. The lowest BCUT2D eigenvalue weighted by atomic mass is 10.4. The Kier molecular flexibility index (Phi) is 3.74. The Morgan fingerprint density at radius 2 is 2.19 bits per heavy atom. The highest BCUT2D eigenvalue weighted by atomic mass is 79.9. The van der Waals surface area contributed by atoms with Crippen molar-refractivity contribution in [3.05, 3.63) is 40.9 Å². The SMILES string of the molecule is Nc1ncnc(CSc2cccc(Br)c2)n1. The number of halogens is 1. The maximum atomic E-state index is 5.47. The van der Waals surface area contributed by atoms with Crippen LogP contribution in [0.5, 0.6) is 0 Å². The van der Waals surface area contributed by atoms with Crippen molar-refractivity contribution >= 4 is 33.6 Å². The Balaban J connectivity index is 2.02. The molecule has 2 N–H and O–H groups in total. The fraction of sp³-hybridized carbons (Fsp3) is 0.100. The molecule has 0 atom stereocenters. The lowest BCUT2D eigenvalue weighted by Crippen LogP contribution is -2.00. The van der Waals surface area contributed by atoms with Crippen LogP contribution in [0.4, 0.5) is 5.95 Å². The van der Waals surface area contributed by atoms with Gasteiger partial charge in [0.25, 0.3) is 0 Å². The quantitative estimate of drug-likeness (QED) is 0.882. The van der Waals surface area contributed by atoms with Crippen molar-refractivity contribution in [2.45, 2.75) is 10.6 Å². The van der Waals surface area contributed by atoms with Crippen LogP contribution < -0.4 is 5.73 Å². The molecule has 0 aliphatic carbocycles. The summed E-state index contributed by atoms with van der Waals surface area (Å²) in [6, 6.07) is 8.08. The molecule has 0 fully saturated rings. The molecule has 2 rings (SSSR count). The van der Waals surface area contributed by atoms with Gasteiger partial charge in [0.05, 0.1) is 5.75 Å². The number of anilines is 1. The molecule has 4 nitrogen and oxygen atoms in total. The lowest BCUT2D eigenvalue weighted by Gasteiger charge is -2.01. The smallest absolute Gasteiger partial charge is 0.223 e. The minimum absolute atomic E-state index is 0.264. The minimum Gasteiger partial charge on any atom is -0.368 e. The van der Waals surface area contributed by atoms with Gasteiger partial charge in [0.2, 0.25) is 5.95 Å². The summed E-state index contributed by atoms with van der Waals surface area (Å²) in [5.74, 6) is 1.64. The summed E-state index contributed by atoms with van der Waals surface area (Å²) in [7, 11) is 0. The molecule has 1 aromatic heterocycles. The van der Waals surface area contributed by atoms with Gasteiger partial charge in [0.1, 0.15) is 12.2 Å². The van der Waals surface area contributed by atoms with E-state index in [1.54, 1.807) is 11.8 Å². The van der Waals surface area contributed by atoms with E-state index in [4.69, 9.17) is 5.73 Å². The van der Waals surface area contributed by atoms with E-state index < -0.39 is 0 Å². The van der Waals surface area contributed by atoms with Crippen molar-refractivity contribution in [2.24, 2.45) is 0 Å². The van der Waals surface area contributed by atoms with E-state index in [9.17, 15) is 0 Å². The molecule has 0 saturated heterocycles. The number of thioether (sulfide) groups is 1. The first kappa shape index (κ1) is 11.3. The van der Waals surface area contributed by atoms with E-state index in [0.717, 1.165) is 9.37 Å². The summed E-state index contributed by atoms with van der Waals surface area (Å²) < 4.78 is 1.06. The number of benzene rings is 1.